The van der Waals surface area contributed by atoms with Crippen molar-refractivity contribution < 1.29 is 9.52 Å². The summed E-state index contributed by atoms with van der Waals surface area (Å²) in [6.45, 7) is 1.73. The van der Waals surface area contributed by atoms with Gasteiger partial charge in [-0.05, 0) is 31.5 Å². The molecule has 1 aliphatic rings. The molecule has 1 aromatic heterocycles. The SMILES string of the molecule is NCC(c1ccco1)N1CCCCCC1CO. The van der Waals surface area contributed by atoms with E-state index in [2.05, 4.69) is 4.90 Å². The molecule has 96 valence electrons. The molecule has 2 rings (SSSR count). The summed E-state index contributed by atoms with van der Waals surface area (Å²) in [6, 6.07) is 4.18. The highest BCUT2D eigenvalue weighted by atomic mass is 16.3. The zero-order valence-electron chi connectivity index (χ0n) is 10.2. The second-order valence-electron chi connectivity index (χ2n) is 4.69. The molecule has 0 radical (unpaired) electrons. The molecule has 0 spiro atoms. The first-order valence-corrected chi connectivity index (χ1v) is 6.47. The number of nitrogens with zero attached hydrogens (tertiary/aromatic N) is 1. The average molecular weight is 238 g/mol. The van der Waals surface area contributed by atoms with E-state index in [0.29, 0.717) is 6.54 Å². The fourth-order valence-corrected chi connectivity index (χ4v) is 2.70. The first kappa shape index (κ1) is 12.6. The number of likely N-dealkylation sites (tertiary alicyclic amines) is 1. The van der Waals surface area contributed by atoms with Gasteiger partial charge in [-0.25, -0.2) is 0 Å². The van der Waals surface area contributed by atoms with Gasteiger partial charge in [0.1, 0.15) is 5.76 Å². The third kappa shape index (κ3) is 2.89. The quantitative estimate of drug-likeness (QED) is 0.834. The van der Waals surface area contributed by atoms with E-state index in [9.17, 15) is 5.11 Å². The summed E-state index contributed by atoms with van der Waals surface area (Å²) in [7, 11) is 0. The standard InChI is InChI=1S/C13H22N2O2/c14-9-12(13-6-4-8-17-13)15-7-3-1-2-5-11(15)10-16/h4,6,8,11-12,16H,1-3,5,7,9-10,14H2. The molecule has 4 heteroatoms. The summed E-state index contributed by atoms with van der Waals surface area (Å²) in [4.78, 5) is 2.31. The lowest BCUT2D eigenvalue weighted by molar-refractivity contribution is 0.0777. The highest BCUT2D eigenvalue weighted by Crippen LogP contribution is 2.27. The molecule has 3 N–H and O–H groups in total. The van der Waals surface area contributed by atoms with E-state index in [1.54, 1.807) is 6.26 Å². The summed E-state index contributed by atoms with van der Waals surface area (Å²) >= 11 is 0. The van der Waals surface area contributed by atoms with E-state index in [-0.39, 0.29) is 18.7 Å². The Balaban J connectivity index is 2.15. The van der Waals surface area contributed by atoms with Crippen LogP contribution >= 0.6 is 0 Å². The van der Waals surface area contributed by atoms with Crippen LogP contribution in [-0.2, 0) is 0 Å². The molecule has 2 heterocycles. The van der Waals surface area contributed by atoms with Crippen molar-refractivity contribution in [1.82, 2.24) is 4.90 Å². The Morgan fingerprint density at radius 2 is 2.35 bits per heavy atom. The zero-order chi connectivity index (χ0) is 12.1. The summed E-state index contributed by atoms with van der Waals surface area (Å²) < 4.78 is 5.47. The maximum Gasteiger partial charge on any atom is 0.122 e. The van der Waals surface area contributed by atoms with Gasteiger partial charge in [-0.1, -0.05) is 12.8 Å². The van der Waals surface area contributed by atoms with Crippen molar-refractivity contribution in [3.63, 3.8) is 0 Å². The molecule has 1 aromatic rings. The Kier molecular flexibility index (Phi) is 4.59. The fraction of sp³-hybridized carbons (Fsp3) is 0.692. The highest BCUT2D eigenvalue weighted by Gasteiger charge is 2.28. The molecule has 2 atom stereocenters. The lowest BCUT2D eigenvalue weighted by Gasteiger charge is -2.34. The molecule has 1 aliphatic heterocycles. The molecule has 0 bridgehead atoms. The van der Waals surface area contributed by atoms with E-state index >= 15 is 0 Å². The number of aliphatic hydroxyl groups is 1. The van der Waals surface area contributed by atoms with E-state index in [4.69, 9.17) is 10.2 Å². The molecular weight excluding hydrogens is 216 g/mol. The van der Waals surface area contributed by atoms with Crippen molar-refractivity contribution in [1.29, 1.82) is 0 Å². The topological polar surface area (TPSA) is 62.6 Å². The molecule has 0 aromatic carbocycles. The smallest absolute Gasteiger partial charge is 0.122 e. The van der Waals surface area contributed by atoms with E-state index in [1.807, 2.05) is 12.1 Å². The van der Waals surface area contributed by atoms with Gasteiger partial charge in [0, 0.05) is 12.6 Å². The first-order chi connectivity index (χ1) is 8.36. The van der Waals surface area contributed by atoms with E-state index in [0.717, 1.165) is 18.7 Å². The van der Waals surface area contributed by atoms with Crippen LogP contribution in [0.25, 0.3) is 0 Å². The molecule has 2 unspecified atom stereocenters. The maximum atomic E-state index is 9.52. The summed E-state index contributed by atoms with van der Waals surface area (Å²) in [5, 5.41) is 9.52. The Hall–Kier alpha value is -0.840. The van der Waals surface area contributed by atoms with Crippen LogP contribution in [0.3, 0.4) is 0 Å². The van der Waals surface area contributed by atoms with Crippen molar-refractivity contribution in [3.8, 4) is 0 Å². The predicted molar refractivity (Wildman–Crippen MR) is 66.6 cm³/mol. The minimum Gasteiger partial charge on any atom is -0.468 e. The van der Waals surface area contributed by atoms with Crippen LogP contribution in [0.2, 0.25) is 0 Å². The summed E-state index contributed by atoms with van der Waals surface area (Å²) in [6.07, 6.45) is 6.34. The maximum absolute atomic E-state index is 9.52. The molecule has 4 nitrogen and oxygen atoms in total. The number of hydrogen-bond donors (Lipinski definition) is 2. The molecular formula is C13H22N2O2. The molecule has 1 fully saturated rings. The lowest BCUT2D eigenvalue weighted by Crippen LogP contribution is -2.43. The van der Waals surface area contributed by atoms with Crippen LogP contribution in [0.1, 0.15) is 37.5 Å². The minimum atomic E-state index is 0.0975. The van der Waals surface area contributed by atoms with Crippen LogP contribution in [0.5, 0.6) is 0 Å². The second-order valence-corrected chi connectivity index (χ2v) is 4.69. The largest absolute Gasteiger partial charge is 0.468 e. The Morgan fingerprint density at radius 1 is 1.47 bits per heavy atom. The molecule has 0 aliphatic carbocycles. The van der Waals surface area contributed by atoms with E-state index in [1.165, 1.54) is 19.3 Å². The monoisotopic (exact) mass is 238 g/mol. The van der Waals surface area contributed by atoms with Crippen molar-refractivity contribution >= 4 is 0 Å². The van der Waals surface area contributed by atoms with Crippen LogP contribution < -0.4 is 5.73 Å². The van der Waals surface area contributed by atoms with Gasteiger partial charge in [-0.2, -0.15) is 0 Å². The van der Waals surface area contributed by atoms with E-state index < -0.39 is 0 Å². The number of furan rings is 1. The Morgan fingerprint density at radius 3 is 3.00 bits per heavy atom. The molecule has 1 saturated heterocycles. The predicted octanol–water partition coefficient (Wildman–Crippen LogP) is 1.52. The Labute approximate surface area is 102 Å². The zero-order valence-corrected chi connectivity index (χ0v) is 10.2. The van der Waals surface area contributed by atoms with Crippen LogP contribution in [0, 0.1) is 0 Å². The third-order valence-electron chi connectivity index (χ3n) is 3.63. The third-order valence-corrected chi connectivity index (χ3v) is 3.63. The lowest BCUT2D eigenvalue weighted by atomic mass is 10.1. The number of nitrogens with two attached hydrogens (primary N) is 1. The average Bonchev–Trinajstić information content (AvgIpc) is 2.76. The van der Waals surface area contributed by atoms with Crippen molar-refractivity contribution in [2.24, 2.45) is 5.73 Å². The van der Waals surface area contributed by atoms with Gasteiger partial charge in [0.25, 0.3) is 0 Å². The minimum absolute atomic E-state index is 0.0975. The summed E-state index contributed by atoms with van der Waals surface area (Å²) in [5.74, 6) is 0.910. The molecule has 0 saturated carbocycles. The van der Waals surface area contributed by atoms with Gasteiger partial charge in [-0.15, -0.1) is 0 Å². The molecule has 17 heavy (non-hydrogen) atoms. The fourth-order valence-electron chi connectivity index (χ4n) is 2.70. The number of aliphatic hydroxyl groups excluding tert-OH is 1. The van der Waals surface area contributed by atoms with Gasteiger partial charge in [-0.3, -0.25) is 4.90 Å². The number of rotatable bonds is 4. The van der Waals surface area contributed by atoms with Crippen LogP contribution in [0.15, 0.2) is 22.8 Å². The van der Waals surface area contributed by atoms with Gasteiger partial charge in [0.05, 0.1) is 18.9 Å². The summed E-state index contributed by atoms with van der Waals surface area (Å²) in [5.41, 5.74) is 5.88. The normalized spacial score (nSPS) is 24.5. The van der Waals surface area contributed by atoms with Gasteiger partial charge >= 0.3 is 0 Å². The number of hydrogen-bond acceptors (Lipinski definition) is 4. The highest BCUT2D eigenvalue weighted by molar-refractivity contribution is 5.06. The van der Waals surface area contributed by atoms with Gasteiger partial charge < -0.3 is 15.3 Å². The van der Waals surface area contributed by atoms with Crippen molar-refractivity contribution in [2.75, 3.05) is 19.7 Å². The van der Waals surface area contributed by atoms with Gasteiger partial charge in [0.15, 0.2) is 0 Å². The van der Waals surface area contributed by atoms with Crippen LogP contribution in [0.4, 0.5) is 0 Å². The van der Waals surface area contributed by atoms with Crippen molar-refractivity contribution in [3.05, 3.63) is 24.2 Å². The molecule has 0 amide bonds. The Bertz CT molecular complexity index is 313. The van der Waals surface area contributed by atoms with Crippen LogP contribution in [-0.4, -0.2) is 35.7 Å². The van der Waals surface area contributed by atoms with Crippen molar-refractivity contribution in [2.45, 2.75) is 37.8 Å². The van der Waals surface area contributed by atoms with Gasteiger partial charge in [0.2, 0.25) is 0 Å². The second kappa shape index (κ2) is 6.19. The first-order valence-electron chi connectivity index (χ1n) is 6.47.